The molecule has 1 fully saturated rings. The van der Waals surface area contributed by atoms with Gasteiger partial charge in [0.2, 0.25) is 0 Å². The molecule has 19 heavy (non-hydrogen) atoms. The van der Waals surface area contributed by atoms with Crippen molar-refractivity contribution in [2.75, 3.05) is 0 Å². The van der Waals surface area contributed by atoms with Crippen LogP contribution in [-0.2, 0) is 9.31 Å². The molecule has 2 rings (SSSR count). The van der Waals surface area contributed by atoms with Gasteiger partial charge in [-0.3, -0.25) is 0 Å². The zero-order valence-electron chi connectivity index (χ0n) is 12.8. The van der Waals surface area contributed by atoms with Gasteiger partial charge in [0.05, 0.1) is 11.2 Å². The van der Waals surface area contributed by atoms with Crippen molar-refractivity contribution in [3.63, 3.8) is 0 Å². The van der Waals surface area contributed by atoms with E-state index >= 15 is 0 Å². The van der Waals surface area contributed by atoms with Crippen molar-refractivity contribution in [1.29, 1.82) is 0 Å². The number of hydrogen-bond acceptors (Lipinski definition) is 2. The third kappa shape index (κ3) is 2.93. The highest BCUT2D eigenvalue weighted by Gasteiger charge is 2.50. The van der Waals surface area contributed by atoms with Crippen LogP contribution in [0, 0.1) is 6.92 Å². The minimum atomic E-state index is -0.277. The molecule has 0 amide bonds. The summed E-state index contributed by atoms with van der Waals surface area (Å²) in [6.07, 6.45) is 0. The van der Waals surface area contributed by atoms with Crippen LogP contribution in [0.25, 0.3) is 5.57 Å². The van der Waals surface area contributed by atoms with E-state index in [1.54, 1.807) is 0 Å². The zero-order chi connectivity index (χ0) is 14.3. The number of benzene rings is 1. The molecule has 0 aromatic heterocycles. The first kappa shape index (κ1) is 14.4. The lowest BCUT2D eigenvalue weighted by atomic mass is 9.85. The van der Waals surface area contributed by atoms with Crippen molar-refractivity contribution >= 4 is 12.7 Å². The van der Waals surface area contributed by atoms with Crippen LogP contribution in [0.1, 0.15) is 45.7 Å². The Morgan fingerprint density at radius 3 is 2.21 bits per heavy atom. The number of aryl methyl sites for hydroxylation is 1. The van der Waals surface area contributed by atoms with Crippen LogP contribution in [-0.4, -0.2) is 18.3 Å². The van der Waals surface area contributed by atoms with E-state index in [0.29, 0.717) is 0 Å². The van der Waals surface area contributed by atoms with Crippen LogP contribution in [0.15, 0.2) is 30.2 Å². The summed E-state index contributed by atoms with van der Waals surface area (Å²) in [5.74, 6) is 2.06. The molecule has 1 aliphatic heterocycles. The summed E-state index contributed by atoms with van der Waals surface area (Å²) in [6.45, 7) is 12.5. The van der Waals surface area contributed by atoms with Crippen LogP contribution in [0.2, 0.25) is 0 Å². The smallest absolute Gasteiger partial charge is 0.400 e. The minimum Gasteiger partial charge on any atom is -0.400 e. The van der Waals surface area contributed by atoms with Gasteiger partial charge in [-0.2, -0.15) is 0 Å². The van der Waals surface area contributed by atoms with E-state index in [1.807, 2.05) is 0 Å². The Hall–Kier alpha value is -1.06. The molecule has 0 radical (unpaired) electrons. The second-order valence-corrected chi connectivity index (χ2v) is 6.34. The van der Waals surface area contributed by atoms with E-state index in [-0.39, 0.29) is 18.3 Å². The monoisotopic (exact) mass is 258 g/mol. The highest BCUT2D eigenvalue weighted by Crippen LogP contribution is 2.37. The van der Waals surface area contributed by atoms with Crippen molar-refractivity contribution in [3.05, 3.63) is 41.4 Å². The molecule has 0 unspecified atom stereocenters. The number of hydrogen-bond donors (Lipinski definition) is 0. The number of rotatable bonds is 2. The molecule has 1 aliphatic rings. The van der Waals surface area contributed by atoms with Crippen molar-refractivity contribution in [2.24, 2.45) is 0 Å². The Labute approximate surface area is 117 Å². The van der Waals surface area contributed by atoms with Crippen molar-refractivity contribution in [1.82, 2.24) is 0 Å². The molecule has 0 saturated carbocycles. The van der Waals surface area contributed by atoms with Crippen LogP contribution >= 0.6 is 0 Å². The second-order valence-electron chi connectivity index (χ2n) is 6.34. The summed E-state index contributed by atoms with van der Waals surface area (Å²) in [6, 6.07) is 8.47. The summed E-state index contributed by atoms with van der Waals surface area (Å²) >= 11 is 0. The number of allylic oxidation sites excluding steroid dienone is 1. The van der Waals surface area contributed by atoms with Gasteiger partial charge in [-0.05, 0) is 47.1 Å². The Balaban J connectivity index is 2.20. The molecular formula is C16H23BO2. The van der Waals surface area contributed by atoms with E-state index in [0.717, 1.165) is 0 Å². The molecular weight excluding hydrogens is 235 g/mol. The topological polar surface area (TPSA) is 18.5 Å². The van der Waals surface area contributed by atoms with Crippen molar-refractivity contribution in [3.8, 4) is 0 Å². The molecule has 1 saturated heterocycles. The Morgan fingerprint density at radius 1 is 1.11 bits per heavy atom. The average molecular weight is 258 g/mol. The molecule has 0 aliphatic carbocycles. The minimum absolute atomic E-state index is 0.273. The van der Waals surface area contributed by atoms with Crippen molar-refractivity contribution in [2.45, 2.75) is 52.7 Å². The van der Waals surface area contributed by atoms with E-state index in [2.05, 4.69) is 71.8 Å². The van der Waals surface area contributed by atoms with Crippen LogP contribution < -0.4 is 0 Å². The average Bonchev–Trinajstić information content (AvgIpc) is 2.46. The highest BCUT2D eigenvalue weighted by molar-refractivity contribution is 6.53. The molecule has 1 heterocycles. The molecule has 3 heteroatoms. The largest absolute Gasteiger partial charge is 0.487 e. The SMILES string of the molecule is CC(=CB1OC(C)(C)C(C)(C)O1)c1cccc(C)c1. The maximum Gasteiger partial charge on any atom is 0.487 e. The van der Waals surface area contributed by atoms with Gasteiger partial charge in [0.25, 0.3) is 0 Å². The maximum atomic E-state index is 5.99. The fourth-order valence-corrected chi connectivity index (χ4v) is 2.15. The summed E-state index contributed by atoms with van der Waals surface area (Å²) in [5.41, 5.74) is 3.11. The molecule has 102 valence electrons. The van der Waals surface area contributed by atoms with Crippen LogP contribution in [0.5, 0.6) is 0 Å². The lowest BCUT2D eigenvalue weighted by molar-refractivity contribution is 0.00578. The van der Waals surface area contributed by atoms with E-state index < -0.39 is 0 Å². The van der Waals surface area contributed by atoms with Gasteiger partial charge >= 0.3 is 7.12 Å². The molecule has 0 spiro atoms. The van der Waals surface area contributed by atoms with Crippen LogP contribution in [0.4, 0.5) is 0 Å². The first-order chi connectivity index (χ1) is 8.71. The van der Waals surface area contributed by atoms with E-state index in [1.165, 1.54) is 16.7 Å². The molecule has 1 aromatic rings. The first-order valence-electron chi connectivity index (χ1n) is 6.82. The molecule has 1 aromatic carbocycles. The summed E-state index contributed by atoms with van der Waals surface area (Å²) < 4.78 is 12.0. The van der Waals surface area contributed by atoms with Crippen molar-refractivity contribution < 1.29 is 9.31 Å². The Morgan fingerprint density at radius 2 is 1.68 bits per heavy atom. The predicted octanol–water partition coefficient (Wildman–Crippen LogP) is 4.03. The van der Waals surface area contributed by atoms with E-state index in [9.17, 15) is 0 Å². The van der Waals surface area contributed by atoms with Crippen LogP contribution in [0.3, 0.4) is 0 Å². The highest BCUT2D eigenvalue weighted by atomic mass is 16.7. The third-order valence-corrected chi connectivity index (χ3v) is 4.13. The summed E-state index contributed by atoms with van der Waals surface area (Å²) in [4.78, 5) is 0. The van der Waals surface area contributed by atoms with E-state index in [4.69, 9.17) is 9.31 Å². The maximum absolute atomic E-state index is 5.99. The van der Waals surface area contributed by atoms with Gasteiger partial charge in [0.1, 0.15) is 0 Å². The fourth-order valence-electron chi connectivity index (χ4n) is 2.15. The lowest BCUT2D eigenvalue weighted by Crippen LogP contribution is -2.41. The molecule has 2 nitrogen and oxygen atoms in total. The molecule has 0 atom stereocenters. The van der Waals surface area contributed by atoms with Gasteiger partial charge in [-0.1, -0.05) is 41.4 Å². The normalized spacial score (nSPS) is 21.8. The van der Waals surface area contributed by atoms with Gasteiger partial charge in [-0.25, -0.2) is 0 Å². The Kier molecular flexibility index (Phi) is 3.63. The van der Waals surface area contributed by atoms with Gasteiger partial charge < -0.3 is 9.31 Å². The Bertz CT molecular complexity index is 487. The van der Waals surface area contributed by atoms with Gasteiger partial charge in [0.15, 0.2) is 0 Å². The quantitative estimate of drug-likeness (QED) is 0.745. The molecule has 0 bridgehead atoms. The summed E-state index contributed by atoms with van der Waals surface area (Å²) in [7, 11) is -0.273. The van der Waals surface area contributed by atoms with Gasteiger partial charge in [0, 0.05) is 0 Å². The summed E-state index contributed by atoms with van der Waals surface area (Å²) in [5, 5.41) is 0. The standard InChI is InChI=1S/C16H23BO2/c1-12-8-7-9-14(10-12)13(2)11-17-18-15(3,4)16(5,6)19-17/h7-11H,1-6H3. The predicted molar refractivity (Wildman–Crippen MR) is 80.9 cm³/mol. The first-order valence-corrected chi connectivity index (χ1v) is 6.82. The molecule has 0 N–H and O–H groups in total. The lowest BCUT2D eigenvalue weighted by Gasteiger charge is -2.32. The van der Waals surface area contributed by atoms with Gasteiger partial charge in [-0.15, -0.1) is 0 Å². The fraction of sp³-hybridized carbons (Fsp3) is 0.500. The zero-order valence-corrected chi connectivity index (χ0v) is 12.8. The second kappa shape index (κ2) is 4.80. The third-order valence-electron chi connectivity index (χ3n) is 4.13.